The van der Waals surface area contributed by atoms with Gasteiger partial charge in [0, 0.05) is 7.11 Å². The molecule has 0 aliphatic heterocycles. The zero-order chi connectivity index (χ0) is 14.1. The Morgan fingerprint density at radius 3 is 2.79 bits per heavy atom. The first-order chi connectivity index (χ1) is 8.99. The van der Waals surface area contributed by atoms with Gasteiger partial charge in [0.15, 0.2) is 0 Å². The van der Waals surface area contributed by atoms with E-state index >= 15 is 0 Å². The molecule has 0 aromatic heterocycles. The first-order valence-electron chi connectivity index (χ1n) is 6.74. The SMILES string of the molecule is COC(C)C(C)(O)C1(C#N)CCCc2ccccc21. The summed E-state index contributed by atoms with van der Waals surface area (Å²) in [5, 5.41) is 20.8. The van der Waals surface area contributed by atoms with Gasteiger partial charge in [0.1, 0.15) is 11.0 Å². The fraction of sp³-hybridized carbons (Fsp3) is 0.562. The average molecular weight is 259 g/mol. The molecule has 1 N–H and O–H groups in total. The van der Waals surface area contributed by atoms with Crippen LogP contribution in [0, 0.1) is 11.3 Å². The summed E-state index contributed by atoms with van der Waals surface area (Å²) in [5.41, 5.74) is 0.0149. The van der Waals surface area contributed by atoms with Crippen LogP contribution < -0.4 is 0 Å². The van der Waals surface area contributed by atoms with E-state index in [1.165, 1.54) is 5.56 Å². The van der Waals surface area contributed by atoms with E-state index in [0.717, 1.165) is 18.4 Å². The molecule has 0 fully saturated rings. The Labute approximate surface area is 114 Å². The number of hydrogen-bond donors (Lipinski definition) is 1. The Bertz CT molecular complexity index is 504. The second-order valence-corrected chi connectivity index (χ2v) is 5.55. The fourth-order valence-corrected chi connectivity index (χ4v) is 3.16. The zero-order valence-electron chi connectivity index (χ0n) is 11.8. The molecule has 0 spiro atoms. The number of methoxy groups -OCH3 is 1. The van der Waals surface area contributed by atoms with Crippen LogP contribution in [0.4, 0.5) is 0 Å². The molecule has 0 saturated heterocycles. The summed E-state index contributed by atoms with van der Waals surface area (Å²) >= 11 is 0. The molecular weight excluding hydrogens is 238 g/mol. The molecule has 3 atom stereocenters. The van der Waals surface area contributed by atoms with E-state index in [2.05, 4.69) is 6.07 Å². The van der Waals surface area contributed by atoms with E-state index in [1.807, 2.05) is 31.2 Å². The maximum Gasteiger partial charge on any atom is 0.113 e. The number of nitrogens with zero attached hydrogens (tertiary/aromatic N) is 1. The third-order valence-electron chi connectivity index (χ3n) is 4.68. The van der Waals surface area contributed by atoms with Gasteiger partial charge in [0.05, 0.1) is 12.2 Å². The molecule has 0 heterocycles. The zero-order valence-corrected chi connectivity index (χ0v) is 11.8. The lowest BCUT2D eigenvalue weighted by atomic mass is 9.60. The van der Waals surface area contributed by atoms with Crippen LogP contribution in [0.2, 0.25) is 0 Å². The number of nitriles is 1. The molecule has 3 unspecified atom stereocenters. The predicted octanol–water partition coefficient (Wildman–Crippen LogP) is 2.57. The number of rotatable bonds is 3. The van der Waals surface area contributed by atoms with Crippen LogP contribution in [0.5, 0.6) is 0 Å². The quantitative estimate of drug-likeness (QED) is 0.907. The second-order valence-electron chi connectivity index (χ2n) is 5.55. The molecule has 3 nitrogen and oxygen atoms in total. The summed E-state index contributed by atoms with van der Waals surface area (Å²) < 4.78 is 5.31. The highest BCUT2D eigenvalue weighted by atomic mass is 16.5. The number of fused-ring (bicyclic) bond motifs is 1. The van der Waals surface area contributed by atoms with E-state index in [0.29, 0.717) is 6.42 Å². The standard InChI is InChI=1S/C16H21NO2/c1-12(19-3)15(2,18)16(11-17)10-6-8-13-7-4-5-9-14(13)16/h4-5,7,9,12,18H,6,8,10H2,1-3H3. The van der Waals surface area contributed by atoms with E-state index < -0.39 is 17.1 Å². The van der Waals surface area contributed by atoms with Gasteiger partial charge in [-0.2, -0.15) is 5.26 Å². The summed E-state index contributed by atoms with van der Waals surface area (Å²) in [5.74, 6) is 0. The number of aliphatic hydroxyl groups is 1. The predicted molar refractivity (Wildman–Crippen MR) is 73.8 cm³/mol. The topological polar surface area (TPSA) is 53.2 Å². The Hall–Kier alpha value is -1.37. The molecule has 0 saturated carbocycles. The van der Waals surface area contributed by atoms with Gasteiger partial charge in [-0.1, -0.05) is 24.3 Å². The highest BCUT2D eigenvalue weighted by Gasteiger charge is 2.54. The molecule has 1 aliphatic carbocycles. The van der Waals surface area contributed by atoms with Gasteiger partial charge in [-0.05, 0) is 44.2 Å². The first kappa shape index (κ1) is 14.0. The van der Waals surface area contributed by atoms with Gasteiger partial charge in [0.2, 0.25) is 0 Å². The lowest BCUT2D eigenvalue weighted by Gasteiger charge is -2.46. The van der Waals surface area contributed by atoms with Crippen LogP contribution in [-0.2, 0) is 16.6 Å². The maximum absolute atomic E-state index is 11.0. The molecule has 1 aromatic rings. The van der Waals surface area contributed by atoms with Crippen LogP contribution in [0.15, 0.2) is 24.3 Å². The molecule has 0 bridgehead atoms. The summed E-state index contributed by atoms with van der Waals surface area (Å²) in [6, 6.07) is 10.3. The van der Waals surface area contributed by atoms with Crippen LogP contribution >= 0.6 is 0 Å². The highest BCUT2D eigenvalue weighted by molar-refractivity contribution is 5.45. The Morgan fingerprint density at radius 2 is 2.16 bits per heavy atom. The van der Waals surface area contributed by atoms with Crippen LogP contribution in [0.1, 0.15) is 37.8 Å². The lowest BCUT2D eigenvalue weighted by molar-refractivity contribution is -0.111. The van der Waals surface area contributed by atoms with Crippen molar-refractivity contribution < 1.29 is 9.84 Å². The van der Waals surface area contributed by atoms with Crippen molar-refractivity contribution in [3.63, 3.8) is 0 Å². The minimum absolute atomic E-state index is 0.404. The van der Waals surface area contributed by atoms with E-state index in [4.69, 9.17) is 4.74 Å². The van der Waals surface area contributed by atoms with Gasteiger partial charge in [-0.15, -0.1) is 0 Å². The Balaban J connectivity index is 2.60. The van der Waals surface area contributed by atoms with Gasteiger partial charge < -0.3 is 9.84 Å². The number of benzene rings is 1. The van der Waals surface area contributed by atoms with Crippen molar-refractivity contribution in [1.82, 2.24) is 0 Å². The minimum atomic E-state index is -1.22. The maximum atomic E-state index is 11.0. The van der Waals surface area contributed by atoms with Crippen molar-refractivity contribution >= 4 is 0 Å². The largest absolute Gasteiger partial charge is 0.385 e. The highest BCUT2D eigenvalue weighted by Crippen LogP contribution is 2.46. The van der Waals surface area contributed by atoms with Gasteiger partial charge >= 0.3 is 0 Å². The van der Waals surface area contributed by atoms with Crippen molar-refractivity contribution in [2.75, 3.05) is 7.11 Å². The van der Waals surface area contributed by atoms with Crippen molar-refractivity contribution in [3.8, 4) is 6.07 Å². The summed E-state index contributed by atoms with van der Waals surface area (Å²) in [6.45, 7) is 3.53. The summed E-state index contributed by atoms with van der Waals surface area (Å²) in [6.07, 6.45) is 2.15. The van der Waals surface area contributed by atoms with Crippen LogP contribution in [-0.4, -0.2) is 23.9 Å². The Morgan fingerprint density at radius 1 is 1.47 bits per heavy atom. The molecule has 0 radical (unpaired) electrons. The third kappa shape index (κ3) is 1.96. The van der Waals surface area contributed by atoms with Crippen molar-refractivity contribution in [2.45, 2.75) is 50.2 Å². The fourth-order valence-electron chi connectivity index (χ4n) is 3.16. The van der Waals surface area contributed by atoms with E-state index in [1.54, 1.807) is 14.0 Å². The monoisotopic (exact) mass is 259 g/mol. The van der Waals surface area contributed by atoms with Gasteiger partial charge in [0.25, 0.3) is 0 Å². The molecule has 3 heteroatoms. The minimum Gasteiger partial charge on any atom is -0.385 e. The molecule has 1 aromatic carbocycles. The molecule has 1 aliphatic rings. The summed E-state index contributed by atoms with van der Waals surface area (Å²) in [4.78, 5) is 0. The average Bonchev–Trinajstić information content (AvgIpc) is 2.45. The number of aryl methyl sites for hydroxylation is 1. The first-order valence-corrected chi connectivity index (χ1v) is 6.74. The molecule has 0 amide bonds. The van der Waals surface area contributed by atoms with Crippen molar-refractivity contribution in [3.05, 3.63) is 35.4 Å². The molecular formula is C16H21NO2. The third-order valence-corrected chi connectivity index (χ3v) is 4.68. The number of hydrogen-bond acceptors (Lipinski definition) is 3. The van der Waals surface area contributed by atoms with Crippen LogP contribution in [0.3, 0.4) is 0 Å². The molecule has 102 valence electrons. The van der Waals surface area contributed by atoms with Gasteiger partial charge in [-0.3, -0.25) is 0 Å². The van der Waals surface area contributed by atoms with Crippen molar-refractivity contribution in [1.29, 1.82) is 5.26 Å². The second kappa shape index (κ2) is 4.96. The van der Waals surface area contributed by atoms with Crippen molar-refractivity contribution in [2.24, 2.45) is 0 Å². The Kier molecular flexibility index (Phi) is 3.66. The summed E-state index contributed by atoms with van der Waals surface area (Å²) in [7, 11) is 1.57. The van der Waals surface area contributed by atoms with Gasteiger partial charge in [-0.25, -0.2) is 0 Å². The van der Waals surface area contributed by atoms with E-state index in [-0.39, 0.29) is 0 Å². The normalized spacial score (nSPS) is 26.9. The van der Waals surface area contributed by atoms with Crippen LogP contribution in [0.25, 0.3) is 0 Å². The number of ether oxygens (including phenoxy) is 1. The van der Waals surface area contributed by atoms with E-state index in [9.17, 15) is 10.4 Å². The smallest absolute Gasteiger partial charge is 0.113 e. The molecule has 19 heavy (non-hydrogen) atoms. The molecule has 2 rings (SSSR count). The lowest BCUT2D eigenvalue weighted by Crippen LogP contribution is -2.57.